The van der Waals surface area contributed by atoms with Crippen molar-refractivity contribution >= 4 is 23.4 Å². The first kappa shape index (κ1) is 12.7. The Bertz CT molecular complexity index is 638. The number of hydrazine groups is 1. The molecule has 0 saturated heterocycles. The molecule has 0 atom stereocenters. The van der Waals surface area contributed by atoms with Crippen molar-refractivity contribution in [3.8, 4) is 0 Å². The monoisotopic (exact) mass is 297 g/mol. The number of nitro groups is 1. The second kappa shape index (κ2) is 4.34. The molecule has 0 bridgehead atoms. The minimum Gasteiger partial charge on any atom is -0.399 e. The third-order valence-corrected chi connectivity index (χ3v) is 3.35. The number of hydrogen-bond donors (Lipinski definition) is 1. The van der Waals surface area contributed by atoms with Crippen molar-refractivity contribution in [3.63, 3.8) is 0 Å². The fraction of sp³-hybridized carbons (Fsp3) is 0.273. The second-order valence-corrected chi connectivity index (χ2v) is 4.97. The van der Waals surface area contributed by atoms with Crippen LogP contribution in [0.1, 0.15) is 5.76 Å². The van der Waals surface area contributed by atoms with Crippen LogP contribution >= 0.6 is 11.8 Å². The van der Waals surface area contributed by atoms with Gasteiger partial charge in [0.05, 0.1) is 11.8 Å². The molecule has 1 aromatic rings. The smallest absolute Gasteiger partial charge is 0.399 e. The quantitative estimate of drug-likeness (QED) is 0.503. The number of likely N-dealkylation sites (N-methyl/N-ethyl adjacent to an activating group) is 1. The molecule has 0 saturated carbocycles. The summed E-state index contributed by atoms with van der Waals surface area (Å²) in [6, 6.07) is 2.87. The molecule has 20 heavy (non-hydrogen) atoms. The molecule has 3 heterocycles. The van der Waals surface area contributed by atoms with Crippen LogP contribution in [-0.4, -0.2) is 40.0 Å². The number of fused-ring (bicyclic) bond motifs is 1. The number of furan rings is 1. The molecule has 1 N–H and O–H groups in total. The van der Waals surface area contributed by atoms with Crippen molar-refractivity contribution in [2.75, 3.05) is 20.8 Å². The summed E-state index contributed by atoms with van der Waals surface area (Å²) in [4.78, 5) is 12.0. The van der Waals surface area contributed by atoms with Crippen molar-refractivity contribution in [1.82, 2.24) is 19.8 Å². The molecule has 0 radical (unpaired) electrons. The molecule has 106 valence electrons. The first-order valence-electron chi connectivity index (χ1n) is 5.82. The Labute approximate surface area is 119 Å². The van der Waals surface area contributed by atoms with Crippen LogP contribution in [0.5, 0.6) is 0 Å². The van der Waals surface area contributed by atoms with Gasteiger partial charge in [-0.25, -0.2) is 0 Å². The summed E-state index contributed by atoms with van der Waals surface area (Å²) in [5.74, 6) is 0.0705. The first-order valence-corrected chi connectivity index (χ1v) is 6.16. The summed E-state index contributed by atoms with van der Waals surface area (Å²) in [5, 5.41) is 12.5. The van der Waals surface area contributed by atoms with E-state index in [-0.39, 0.29) is 5.88 Å². The summed E-state index contributed by atoms with van der Waals surface area (Å²) in [6.45, 7) is 0.502. The van der Waals surface area contributed by atoms with E-state index in [1.165, 1.54) is 10.5 Å². The van der Waals surface area contributed by atoms with Crippen LogP contribution in [0.3, 0.4) is 0 Å². The fourth-order valence-electron chi connectivity index (χ4n) is 2.21. The number of rotatable bonds is 2. The van der Waals surface area contributed by atoms with Crippen molar-refractivity contribution in [1.29, 1.82) is 0 Å². The molecule has 0 amide bonds. The first-order chi connectivity index (χ1) is 9.47. The van der Waals surface area contributed by atoms with E-state index in [0.717, 1.165) is 11.4 Å². The predicted octanol–water partition coefficient (Wildman–Crippen LogP) is 1.51. The summed E-state index contributed by atoms with van der Waals surface area (Å²) in [7, 11) is 3.74. The van der Waals surface area contributed by atoms with E-state index in [2.05, 4.69) is 5.43 Å². The van der Waals surface area contributed by atoms with E-state index in [1.807, 2.05) is 25.2 Å². The normalized spacial score (nSPS) is 18.1. The highest BCUT2D eigenvalue weighted by Gasteiger charge is 2.34. The molecule has 0 fully saturated rings. The van der Waals surface area contributed by atoms with E-state index in [9.17, 15) is 10.1 Å². The maximum absolute atomic E-state index is 10.7. The Morgan fingerprint density at radius 3 is 2.85 bits per heavy atom. The number of halogens is 1. The zero-order chi connectivity index (χ0) is 14.4. The summed E-state index contributed by atoms with van der Waals surface area (Å²) in [6.07, 6.45) is 1.94. The molecule has 8 nitrogen and oxygen atoms in total. The third-order valence-electron chi connectivity index (χ3n) is 3.07. The van der Waals surface area contributed by atoms with Crippen molar-refractivity contribution in [2.45, 2.75) is 0 Å². The lowest BCUT2D eigenvalue weighted by molar-refractivity contribution is -0.402. The van der Waals surface area contributed by atoms with Gasteiger partial charge in [0.15, 0.2) is 5.76 Å². The summed E-state index contributed by atoms with van der Waals surface area (Å²) in [5.41, 5.74) is 5.29. The molecule has 0 aromatic carbocycles. The van der Waals surface area contributed by atoms with E-state index in [1.54, 1.807) is 11.1 Å². The van der Waals surface area contributed by atoms with Crippen molar-refractivity contribution in [3.05, 3.63) is 45.6 Å². The van der Waals surface area contributed by atoms with Crippen LogP contribution in [0.4, 0.5) is 5.88 Å². The van der Waals surface area contributed by atoms with Crippen LogP contribution in [0, 0.1) is 10.1 Å². The highest BCUT2D eigenvalue weighted by atomic mass is 35.5. The molecular weight excluding hydrogens is 286 g/mol. The molecule has 0 spiro atoms. The minimum atomic E-state index is -0.572. The summed E-state index contributed by atoms with van der Waals surface area (Å²) < 4.78 is 6.77. The molecule has 2 aliphatic rings. The third kappa shape index (κ3) is 1.85. The van der Waals surface area contributed by atoms with Gasteiger partial charge in [0, 0.05) is 32.1 Å². The zero-order valence-corrected chi connectivity index (χ0v) is 11.6. The van der Waals surface area contributed by atoms with Gasteiger partial charge >= 0.3 is 5.88 Å². The van der Waals surface area contributed by atoms with Gasteiger partial charge in [0.2, 0.25) is 0 Å². The number of hydrogen-bond acceptors (Lipinski definition) is 7. The van der Waals surface area contributed by atoms with Crippen molar-refractivity contribution < 1.29 is 9.34 Å². The maximum atomic E-state index is 10.7. The van der Waals surface area contributed by atoms with Crippen LogP contribution < -0.4 is 5.43 Å². The highest BCUT2D eigenvalue weighted by molar-refractivity contribution is 6.15. The van der Waals surface area contributed by atoms with E-state index < -0.39 is 4.92 Å². The number of nitrogens with zero attached hydrogens (tertiary/aromatic N) is 4. The molecule has 1 aromatic heterocycles. The van der Waals surface area contributed by atoms with Crippen LogP contribution in [0.2, 0.25) is 0 Å². The lowest BCUT2D eigenvalue weighted by Gasteiger charge is -2.30. The van der Waals surface area contributed by atoms with E-state index in [0.29, 0.717) is 18.1 Å². The standard InChI is InChI=1S/C11H12ClN5O3/c1-14-5-7-11(16(12)6-14)10(13-15(7)2)8-3-4-9(20-8)17(18)19/h3-5,13H,6H2,1-2H3. The van der Waals surface area contributed by atoms with Gasteiger partial charge in [-0.1, -0.05) is 0 Å². The van der Waals surface area contributed by atoms with Gasteiger partial charge in [-0.3, -0.25) is 25.0 Å². The lowest BCUT2D eigenvalue weighted by atomic mass is 10.2. The van der Waals surface area contributed by atoms with Gasteiger partial charge in [0.1, 0.15) is 23.0 Å². The predicted molar refractivity (Wildman–Crippen MR) is 71.6 cm³/mol. The Morgan fingerprint density at radius 2 is 2.20 bits per heavy atom. The lowest BCUT2D eigenvalue weighted by Crippen LogP contribution is -2.34. The zero-order valence-electron chi connectivity index (χ0n) is 10.8. The van der Waals surface area contributed by atoms with E-state index in [4.69, 9.17) is 16.2 Å². The molecule has 2 aliphatic heterocycles. The molecule has 0 unspecified atom stereocenters. The topological polar surface area (TPSA) is 78.0 Å². The van der Waals surface area contributed by atoms with Crippen molar-refractivity contribution in [2.24, 2.45) is 0 Å². The maximum Gasteiger partial charge on any atom is 0.433 e. The van der Waals surface area contributed by atoms with Crippen LogP contribution in [0.25, 0.3) is 5.70 Å². The number of nitrogens with one attached hydrogen (secondary N) is 1. The molecule has 0 aliphatic carbocycles. The van der Waals surface area contributed by atoms with E-state index >= 15 is 0 Å². The Balaban J connectivity index is 2.07. The second-order valence-electron chi connectivity index (χ2n) is 4.56. The SMILES string of the molecule is CN1C=C2C(=C(c3ccc([N+](=O)[O-])o3)NN2C)N(Cl)C1. The van der Waals surface area contributed by atoms with Crippen LogP contribution in [-0.2, 0) is 0 Å². The molecule has 3 rings (SSSR count). The van der Waals surface area contributed by atoms with Crippen LogP contribution in [0.15, 0.2) is 34.1 Å². The highest BCUT2D eigenvalue weighted by Crippen LogP contribution is 2.36. The average Bonchev–Trinajstić information content (AvgIpc) is 2.95. The van der Waals surface area contributed by atoms with Gasteiger partial charge in [-0.15, -0.1) is 0 Å². The minimum absolute atomic E-state index is 0.302. The van der Waals surface area contributed by atoms with Gasteiger partial charge in [0.25, 0.3) is 0 Å². The van der Waals surface area contributed by atoms with Gasteiger partial charge in [-0.2, -0.15) is 0 Å². The Morgan fingerprint density at radius 1 is 1.45 bits per heavy atom. The Hall–Kier alpha value is -2.35. The van der Waals surface area contributed by atoms with Gasteiger partial charge in [-0.05, 0) is 6.07 Å². The largest absolute Gasteiger partial charge is 0.433 e. The molecular formula is C11H12ClN5O3. The fourth-order valence-corrected chi connectivity index (χ4v) is 2.55. The molecule has 9 heteroatoms. The average molecular weight is 298 g/mol. The Kier molecular flexibility index (Phi) is 2.75. The van der Waals surface area contributed by atoms with Gasteiger partial charge < -0.3 is 9.32 Å². The summed E-state index contributed by atoms with van der Waals surface area (Å²) >= 11 is 6.24.